The third kappa shape index (κ3) is 5.69. The van der Waals surface area contributed by atoms with Crippen molar-refractivity contribution >= 4 is 17.7 Å². The summed E-state index contributed by atoms with van der Waals surface area (Å²) in [5, 5.41) is 3.71. The zero-order chi connectivity index (χ0) is 33.3. The number of nitrogens with one attached hydrogen (secondary N) is 1. The van der Waals surface area contributed by atoms with Crippen LogP contribution in [0.4, 0.5) is 0 Å². The number of nitrogens with zero attached hydrogens (tertiary/aromatic N) is 2. The van der Waals surface area contributed by atoms with Gasteiger partial charge in [0.1, 0.15) is 12.0 Å². The van der Waals surface area contributed by atoms with E-state index in [1.165, 1.54) is 57.3 Å². The fourth-order valence-electron chi connectivity index (χ4n) is 8.06. The summed E-state index contributed by atoms with van der Waals surface area (Å²) in [6.07, 6.45) is 11.4. The molecule has 1 N–H and O–H groups in total. The second-order valence-corrected chi connectivity index (χ2v) is 13.5. The van der Waals surface area contributed by atoms with Gasteiger partial charge in [-0.3, -0.25) is 0 Å². The molecule has 1 unspecified atom stereocenters. The largest absolute Gasteiger partial charge is 0.344 e. The van der Waals surface area contributed by atoms with Crippen LogP contribution < -0.4 is 5.32 Å². The van der Waals surface area contributed by atoms with Gasteiger partial charge in [0.2, 0.25) is 0 Å². The van der Waals surface area contributed by atoms with Crippen LogP contribution in [0.2, 0.25) is 0 Å². The topological polar surface area (TPSA) is 36.8 Å². The Morgan fingerprint density at radius 3 is 1.86 bits per heavy atom. The van der Waals surface area contributed by atoms with E-state index in [-0.39, 0.29) is 6.17 Å². The quantitative estimate of drug-likeness (QED) is 0.192. The van der Waals surface area contributed by atoms with Crippen LogP contribution in [-0.2, 0) is 19.3 Å². The lowest BCUT2D eigenvalue weighted by Gasteiger charge is -2.30. The van der Waals surface area contributed by atoms with Gasteiger partial charge in [0.05, 0.1) is 0 Å². The van der Waals surface area contributed by atoms with Gasteiger partial charge in [0.15, 0.2) is 5.84 Å². The van der Waals surface area contributed by atoms with Crippen LogP contribution in [0.5, 0.6) is 0 Å². The minimum atomic E-state index is -0.253. The maximum atomic E-state index is 5.24. The molecular weight excluding hydrogens is 607 g/mol. The number of aliphatic imine (C=N–C) groups is 2. The lowest BCUT2D eigenvalue weighted by atomic mass is 9.74. The first-order chi connectivity index (χ1) is 24.8. The van der Waals surface area contributed by atoms with Crippen LogP contribution in [0, 0.1) is 0 Å². The van der Waals surface area contributed by atoms with Crippen LogP contribution in [-0.4, -0.2) is 11.7 Å². The summed E-state index contributed by atoms with van der Waals surface area (Å²) >= 11 is 0. The standard InChI is InChI=1S/C47H39N3/c1-4-16-32(17-5-1)35-22-14-24-37(30-35)46-48-45(34-20-8-3-9-21-34)49-47(50-46)38-25-15-23-36(31-38)44-41-28-12-10-26-39(41)43(33-18-6-2-7-19-33)40-27-11-13-29-42(40)44/h1-9,12,14-25,28,30-31,45H,10-11,13,26-27,29H2,(H,48,49,50). The SMILES string of the molecule is C1=Cc2c(c(-c3ccccc3)c3c(c2-c2cccc(C4=NC(c5cccc(-c6ccccc6)c5)=NC(c5ccccc5)N4)c2)CCCC3)CC1. The molecule has 0 fully saturated rings. The van der Waals surface area contributed by atoms with E-state index in [2.05, 4.69) is 157 Å². The average Bonchev–Trinajstić information content (AvgIpc) is 3.21. The van der Waals surface area contributed by atoms with Crippen LogP contribution in [0.1, 0.15) is 64.4 Å². The van der Waals surface area contributed by atoms with Gasteiger partial charge in [-0.15, -0.1) is 0 Å². The Balaban J connectivity index is 1.18. The van der Waals surface area contributed by atoms with Crippen molar-refractivity contribution in [3.8, 4) is 33.4 Å². The molecule has 1 atom stereocenters. The minimum Gasteiger partial charge on any atom is -0.344 e. The van der Waals surface area contributed by atoms with E-state index >= 15 is 0 Å². The van der Waals surface area contributed by atoms with E-state index in [0.29, 0.717) is 0 Å². The highest BCUT2D eigenvalue weighted by Gasteiger charge is 2.28. The highest BCUT2D eigenvalue weighted by Crippen LogP contribution is 2.46. The van der Waals surface area contributed by atoms with Gasteiger partial charge in [-0.2, -0.15) is 0 Å². The van der Waals surface area contributed by atoms with Gasteiger partial charge in [-0.1, -0.05) is 140 Å². The van der Waals surface area contributed by atoms with E-state index < -0.39 is 0 Å². The number of hydrogen-bond donors (Lipinski definition) is 1. The predicted molar refractivity (Wildman–Crippen MR) is 209 cm³/mol. The van der Waals surface area contributed by atoms with Gasteiger partial charge in [0.25, 0.3) is 0 Å². The Bertz CT molecular complexity index is 2280. The fourth-order valence-corrected chi connectivity index (χ4v) is 8.06. The maximum Gasteiger partial charge on any atom is 0.159 e. The lowest BCUT2D eigenvalue weighted by Crippen LogP contribution is -2.33. The first-order valence-electron chi connectivity index (χ1n) is 18.0. The van der Waals surface area contributed by atoms with E-state index in [0.717, 1.165) is 59.6 Å². The number of hydrogen-bond acceptors (Lipinski definition) is 3. The van der Waals surface area contributed by atoms with Crippen LogP contribution in [0.15, 0.2) is 156 Å². The van der Waals surface area contributed by atoms with E-state index in [9.17, 15) is 0 Å². The summed E-state index contributed by atoms with van der Waals surface area (Å²) in [5.41, 5.74) is 17.0. The molecule has 3 aliphatic rings. The van der Waals surface area contributed by atoms with Crippen molar-refractivity contribution in [1.29, 1.82) is 0 Å². The molecule has 0 radical (unpaired) electrons. The van der Waals surface area contributed by atoms with E-state index in [4.69, 9.17) is 9.98 Å². The molecule has 9 rings (SSSR count). The molecule has 242 valence electrons. The first kappa shape index (κ1) is 30.3. The number of allylic oxidation sites excluding steroid dienone is 1. The summed E-state index contributed by atoms with van der Waals surface area (Å²) in [5.74, 6) is 1.58. The Kier molecular flexibility index (Phi) is 8.02. The third-order valence-electron chi connectivity index (χ3n) is 10.4. The summed E-state index contributed by atoms with van der Waals surface area (Å²) in [6.45, 7) is 0. The molecule has 1 heterocycles. The number of fused-ring (bicyclic) bond motifs is 2. The van der Waals surface area contributed by atoms with Gasteiger partial charge in [0, 0.05) is 11.1 Å². The zero-order valence-electron chi connectivity index (χ0n) is 28.1. The van der Waals surface area contributed by atoms with E-state index in [1.54, 1.807) is 5.56 Å². The van der Waals surface area contributed by atoms with Crippen molar-refractivity contribution in [2.45, 2.75) is 44.7 Å². The monoisotopic (exact) mass is 645 g/mol. The highest BCUT2D eigenvalue weighted by atomic mass is 15.2. The van der Waals surface area contributed by atoms with E-state index in [1.807, 2.05) is 0 Å². The van der Waals surface area contributed by atoms with Gasteiger partial charge < -0.3 is 5.32 Å². The summed E-state index contributed by atoms with van der Waals surface area (Å²) in [4.78, 5) is 10.4. The van der Waals surface area contributed by atoms with Gasteiger partial charge in [-0.05, 0) is 112 Å². The van der Waals surface area contributed by atoms with Crippen LogP contribution in [0.25, 0.3) is 39.5 Å². The third-order valence-corrected chi connectivity index (χ3v) is 10.4. The molecule has 0 amide bonds. The highest BCUT2D eigenvalue weighted by molar-refractivity contribution is 6.13. The van der Waals surface area contributed by atoms with Crippen LogP contribution in [0.3, 0.4) is 0 Å². The summed E-state index contributed by atoms with van der Waals surface area (Å²) < 4.78 is 0. The number of rotatable bonds is 6. The molecule has 0 aromatic heterocycles. The second-order valence-electron chi connectivity index (χ2n) is 13.5. The van der Waals surface area contributed by atoms with Crippen molar-refractivity contribution in [3.05, 3.63) is 185 Å². The molecule has 2 aliphatic carbocycles. The predicted octanol–water partition coefficient (Wildman–Crippen LogP) is 11.0. The Labute approximate surface area is 294 Å². The zero-order valence-corrected chi connectivity index (χ0v) is 28.1. The molecule has 6 aromatic rings. The molecule has 1 aliphatic heterocycles. The van der Waals surface area contributed by atoms with Crippen molar-refractivity contribution in [2.75, 3.05) is 0 Å². The molecule has 0 spiro atoms. The summed E-state index contributed by atoms with van der Waals surface area (Å²) in [6, 6.07) is 49.7. The molecule has 0 saturated carbocycles. The molecule has 3 nitrogen and oxygen atoms in total. The van der Waals surface area contributed by atoms with Crippen molar-refractivity contribution in [2.24, 2.45) is 9.98 Å². The lowest BCUT2D eigenvalue weighted by molar-refractivity contribution is 0.674. The molecule has 0 bridgehead atoms. The molecule has 3 heteroatoms. The average molecular weight is 646 g/mol. The maximum absolute atomic E-state index is 5.24. The molecule has 6 aromatic carbocycles. The molecular formula is C47H39N3. The first-order valence-corrected chi connectivity index (χ1v) is 18.0. The number of benzene rings is 6. The second kappa shape index (κ2) is 13.2. The molecule has 50 heavy (non-hydrogen) atoms. The Hall–Kier alpha value is -5.80. The van der Waals surface area contributed by atoms with Crippen molar-refractivity contribution in [1.82, 2.24) is 5.32 Å². The fraction of sp³-hybridized carbons (Fsp3) is 0.149. The minimum absolute atomic E-state index is 0.253. The van der Waals surface area contributed by atoms with Crippen molar-refractivity contribution in [3.63, 3.8) is 0 Å². The normalized spacial score (nSPS) is 16.4. The number of amidine groups is 2. The Morgan fingerprint density at radius 1 is 0.500 bits per heavy atom. The Morgan fingerprint density at radius 2 is 1.10 bits per heavy atom. The smallest absolute Gasteiger partial charge is 0.159 e. The van der Waals surface area contributed by atoms with Crippen LogP contribution >= 0.6 is 0 Å². The summed E-state index contributed by atoms with van der Waals surface area (Å²) in [7, 11) is 0. The van der Waals surface area contributed by atoms with Gasteiger partial charge >= 0.3 is 0 Å². The molecule has 0 saturated heterocycles. The van der Waals surface area contributed by atoms with Gasteiger partial charge in [-0.25, -0.2) is 9.98 Å². The van der Waals surface area contributed by atoms with Crippen molar-refractivity contribution < 1.29 is 0 Å².